The van der Waals surface area contributed by atoms with Crippen LogP contribution in [0.5, 0.6) is 0 Å². The maximum absolute atomic E-state index is 13.3. The van der Waals surface area contributed by atoms with Crippen molar-refractivity contribution in [3.05, 3.63) is 51.3 Å². The van der Waals surface area contributed by atoms with Crippen LogP contribution in [0.1, 0.15) is 45.6 Å². The van der Waals surface area contributed by atoms with Gasteiger partial charge in [-0.3, -0.25) is 14.2 Å². The second-order valence-electron chi connectivity index (χ2n) is 8.08. The molecule has 4 aromatic rings. The van der Waals surface area contributed by atoms with Crippen molar-refractivity contribution in [1.29, 1.82) is 0 Å². The van der Waals surface area contributed by atoms with Crippen LogP contribution in [0.3, 0.4) is 0 Å². The molecule has 1 aliphatic rings. The van der Waals surface area contributed by atoms with Gasteiger partial charge in [-0.2, -0.15) is 4.98 Å². The first kappa shape index (κ1) is 20.0. The Labute approximate surface area is 182 Å². The maximum atomic E-state index is 13.3. The molecule has 31 heavy (non-hydrogen) atoms. The van der Waals surface area contributed by atoms with E-state index in [0.717, 1.165) is 25.0 Å². The van der Waals surface area contributed by atoms with Crippen LogP contribution >= 0.6 is 11.8 Å². The van der Waals surface area contributed by atoms with Gasteiger partial charge in [-0.1, -0.05) is 38.5 Å². The quantitative estimate of drug-likeness (QED) is 0.387. The van der Waals surface area contributed by atoms with Gasteiger partial charge in [-0.25, -0.2) is 10.1 Å². The highest BCUT2D eigenvalue weighted by Crippen LogP contribution is 2.32. The molecule has 0 saturated heterocycles. The molecule has 0 bridgehead atoms. The minimum Gasteiger partial charge on any atom is -0.312 e. The molecule has 1 N–H and O–H groups in total. The van der Waals surface area contributed by atoms with E-state index in [1.165, 1.54) is 22.7 Å². The molecule has 2 unspecified atom stereocenters. The fraction of sp³-hybridized carbons (Fsp3) is 0.409. The van der Waals surface area contributed by atoms with Gasteiger partial charge in [0.05, 0.1) is 21.8 Å². The summed E-state index contributed by atoms with van der Waals surface area (Å²) in [6.45, 7) is 4.22. The molecule has 0 amide bonds. The van der Waals surface area contributed by atoms with E-state index in [2.05, 4.69) is 27.1 Å². The lowest BCUT2D eigenvalue weighted by atomic mass is 9.85. The standard InChI is InChI=1S/C22H24N6O2S/c1-3-31-22-24-21(25-26-22)28-11-9-17-15(20(28)30)12-14-16(23-17)8-10-27(19(14)29)18-7-5-4-6-13(18)2/h8-13,18H,3-7H2,1-2H3,(H,24,25,26). The maximum Gasteiger partial charge on any atom is 0.266 e. The molecule has 9 heteroatoms. The number of fused-ring (bicyclic) bond motifs is 2. The summed E-state index contributed by atoms with van der Waals surface area (Å²) in [5, 5.41) is 8.40. The van der Waals surface area contributed by atoms with E-state index in [1.807, 2.05) is 23.8 Å². The van der Waals surface area contributed by atoms with Gasteiger partial charge in [0.1, 0.15) is 0 Å². The Bertz CT molecular complexity index is 1390. The topological polar surface area (TPSA) is 98.5 Å². The lowest BCUT2D eigenvalue weighted by molar-refractivity contribution is 0.253. The zero-order valence-electron chi connectivity index (χ0n) is 17.5. The second kappa shape index (κ2) is 7.96. The summed E-state index contributed by atoms with van der Waals surface area (Å²) < 4.78 is 3.25. The molecule has 0 radical (unpaired) electrons. The minimum absolute atomic E-state index is 0.0817. The molecular formula is C22H24N6O2S. The van der Waals surface area contributed by atoms with Crippen molar-refractivity contribution >= 4 is 33.6 Å². The van der Waals surface area contributed by atoms with Gasteiger partial charge in [-0.15, -0.1) is 5.10 Å². The van der Waals surface area contributed by atoms with E-state index in [0.29, 0.717) is 38.8 Å². The number of nitrogens with zero attached hydrogens (tertiary/aromatic N) is 5. The first-order valence-corrected chi connectivity index (χ1v) is 11.7. The van der Waals surface area contributed by atoms with Crippen molar-refractivity contribution in [3.8, 4) is 5.95 Å². The van der Waals surface area contributed by atoms with E-state index < -0.39 is 0 Å². The number of aromatic nitrogens is 6. The van der Waals surface area contributed by atoms with E-state index in [-0.39, 0.29) is 17.2 Å². The normalized spacial score (nSPS) is 19.3. The minimum atomic E-state index is -0.281. The van der Waals surface area contributed by atoms with Crippen LogP contribution in [-0.4, -0.2) is 35.1 Å². The van der Waals surface area contributed by atoms with E-state index >= 15 is 0 Å². The summed E-state index contributed by atoms with van der Waals surface area (Å²) in [5.41, 5.74) is 0.800. The van der Waals surface area contributed by atoms with Crippen molar-refractivity contribution < 1.29 is 0 Å². The van der Waals surface area contributed by atoms with E-state index in [1.54, 1.807) is 18.3 Å². The van der Waals surface area contributed by atoms with Gasteiger partial charge in [-0.05, 0) is 42.7 Å². The summed E-state index contributed by atoms with van der Waals surface area (Å²) in [6.07, 6.45) is 7.98. The Kier molecular flexibility index (Phi) is 5.13. The summed E-state index contributed by atoms with van der Waals surface area (Å²) >= 11 is 1.49. The van der Waals surface area contributed by atoms with Gasteiger partial charge < -0.3 is 4.57 Å². The average molecular weight is 437 g/mol. The molecule has 8 nitrogen and oxygen atoms in total. The Morgan fingerprint density at radius 2 is 1.81 bits per heavy atom. The molecule has 1 aliphatic carbocycles. The van der Waals surface area contributed by atoms with Crippen molar-refractivity contribution in [2.45, 2.75) is 50.7 Å². The summed E-state index contributed by atoms with van der Waals surface area (Å²) in [5.74, 6) is 1.65. The van der Waals surface area contributed by atoms with Gasteiger partial charge in [0.15, 0.2) is 0 Å². The van der Waals surface area contributed by atoms with Crippen LogP contribution < -0.4 is 11.1 Å². The summed E-state index contributed by atoms with van der Waals surface area (Å²) in [6, 6.07) is 5.52. The monoisotopic (exact) mass is 436 g/mol. The van der Waals surface area contributed by atoms with Crippen LogP contribution in [-0.2, 0) is 0 Å². The highest BCUT2D eigenvalue weighted by atomic mass is 32.2. The third-order valence-corrected chi connectivity index (χ3v) is 6.88. The average Bonchev–Trinajstić information content (AvgIpc) is 3.23. The van der Waals surface area contributed by atoms with Crippen LogP contribution in [0.25, 0.3) is 27.8 Å². The number of aromatic amines is 1. The van der Waals surface area contributed by atoms with E-state index in [4.69, 9.17) is 0 Å². The molecule has 0 aromatic carbocycles. The van der Waals surface area contributed by atoms with Crippen molar-refractivity contribution in [1.82, 2.24) is 29.3 Å². The molecule has 4 aromatic heterocycles. The SMILES string of the molecule is CCSc1n[nH]c(-n2ccc3nc4ccn(C5CCCCC5C)c(=O)c4cc3c2=O)n1. The zero-order chi connectivity index (χ0) is 21.5. The molecule has 0 spiro atoms. The molecule has 1 fully saturated rings. The Morgan fingerprint density at radius 3 is 2.58 bits per heavy atom. The first-order valence-electron chi connectivity index (χ1n) is 10.7. The lowest BCUT2D eigenvalue weighted by Gasteiger charge is -2.30. The van der Waals surface area contributed by atoms with Crippen LogP contribution in [0.2, 0.25) is 0 Å². The number of hydrogen-bond donors (Lipinski definition) is 1. The van der Waals surface area contributed by atoms with Gasteiger partial charge in [0.2, 0.25) is 11.1 Å². The highest BCUT2D eigenvalue weighted by molar-refractivity contribution is 7.99. The molecule has 1 saturated carbocycles. The highest BCUT2D eigenvalue weighted by Gasteiger charge is 2.24. The van der Waals surface area contributed by atoms with Crippen LogP contribution in [0, 0.1) is 5.92 Å². The van der Waals surface area contributed by atoms with Crippen molar-refractivity contribution in [2.75, 3.05) is 5.75 Å². The predicted molar refractivity (Wildman–Crippen MR) is 122 cm³/mol. The number of H-pyrrole nitrogens is 1. The summed E-state index contributed by atoms with van der Waals surface area (Å²) in [7, 11) is 0. The molecular weight excluding hydrogens is 412 g/mol. The van der Waals surface area contributed by atoms with Gasteiger partial charge in [0, 0.05) is 18.4 Å². The Hall–Kier alpha value is -2.94. The number of hydrogen-bond acceptors (Lipinski definition) is 6. The number of nitrogens with one attached hydrogen (secondary N) is 1. The molecule has 160 valence electrons. The number of pyridine rings is 3. The molecule has 2 atom stereocenters. The largest absolute Gasteiger partial charge is 0.312 e. The van der Waals surface area contributed by atoms with Gasteiger partial charge >= 0.3 is 0 Å². The zero-order valence-corrected chi connectivity index (χ0v) is 18.4. The second-order valence-corrected chi connectivity index (χ2v) is 9.31. The van der Waals surface area contributed by atoms with Crippen LogP contribution in [0.15, 0.2) is 45.3 Å². The summed E-state index contributed by atoms with van der Waals surface area (Å²) in [4.78, 5) is 35.5. The predicted octanol–water partition coefficient (Wildman–Crippen LogP) is 3.68. The van der Waals surface area contributed by atoms with Gasteiger partial charge in [0.25, 0.3) is 11.1 Å². The first-order chi connectivity index (χ1) is 15.1. The fourth-order valence-electron chi connectivity index (χ4n) is 4.52. The number of thioether (sulfide) groups is 1. The van der Waals surface area contributed by atoms with E-state index in [9.17, 15) is 9.59 Å². The smallest absolute Gasteiger partial charge is 0.266 e. The Morgan fingerprint density at radius 1 is 1.06 bits per heavy atom. The third kappa shape index (κ3) is 3.46. The number of rotatable bonds is 4. The molecule has 4 heterocycles. The fourth-order valence-corrected chi connectivity index (χ4v) is 5.04. The van der Waals surface area contributed by atoms with Crippen molar-refractivity contribution in [3.63, 3.8) is 0 Å². The molecule has 0 aliphatic heterocycles. The third-order valence-electron chi connectivity index (χ3n) is 6.15. The Balaban J connectivity index is 1.66. The van der Waals surface area contributed by atoms with Crippen molar-refractivity contribution in [2.24, 2.45) is 5.92 Å². The lowest BCUT2D eigenvalue weighted by Crippen LogP contribution is -2.30. The van der Waals surface area contributed by atoms with Crippen LogP contribution in [0.4, 0.5) is 0 Å². The molecule has 5 rings (SSSR count).